The average molecular weight is 309 g/mol. The molecule has 2 aromatic carbocycles. The van der Waals surface area contributed by atoms with Gasteiger partial charge < -0.3 is 10.4 Å². The molecule has 0 fully saturated rings. The molecule has 0 aliphatic rings. The standard InChI is InChI=1S/C14H12FNO4S/c1-21(19,20)11-5-2-9(3-6-11)16-10-4-7-12(14(17)18)13(15)8-10/h2-8,16H,1H3,(H,17,18). The topological polar surface area (TPSA) is 83.5 Å². The first-order valence-electron chi connectivity index (χ1n) is 5.87. The van der Waals surface area contributed by atoms with Crippen molar-refractivity contribution in [3.63, 3.8) is 0 Å². The Hall–Kier alpha value is -2.41. The molecule has 0 aliphatic heterocycles. The molecule has 0 heterocycles. The smallest absolute Gasteiger partial charge is 0.338 e. The Kier molecular flexibility index (Phi) is 3.95. The average Bonchev–Trinajstić information content (AvgIpc) is 2.38. The van der Waals surface area contributed by atoms with E-state index in [-0.39, 0.29) is 4.90 Å². The van der Waals surface area contributed by atoms with E-state index in [0.717, 1.165) is 18.4 Å². The van der Waals surface area contributed by atoms with Crippen molar-refractivity contribution in [1.82, 2.24) is 0 Å². The Labute approximate surface area is 121 Å². The lowest BCUT2D eigenvalue weighted by atomic mass is 10.2. The predicted molar refractivity (Wildman–Crippen MR) is 76.2 cm³/mol. The lowest BCUT2D eigenvalue weighted by Crippen LogP contribution is -2.01. The van der Waals surface area contributed by atoms with Gasteiger partial charge in [0.25, 0.3) is 0 Å². The molecule has 0 saturated carbocycles. The monoisotopic (exact) mass is 309 g/mol. The SMILES string of the molecule is CS(=O)(=O)c1ccc(Nc2ccc(C(=O)O)c(F)c2)cc1. The summed E-state index contributed by atoms with van der Waals surface area (Å²) in [6.07, 6.45) is 1.11. The van der Waals surface area contributed by atoms with Crippen LogP contribution in [0.3, 0.4) is 0 Å². The summed E-state index contributed by atoms with van der Waals surface area (Å²) >= 11 is 0. The van der Waals surface area contributed by atoms with E-state index in [9.17, 15) is 17.6 Å². The summed E-state index contributed by atoms with van der Waals surface area (Å²) in [5.74, 6) is -2.18. The maximum absolute atomic E-state index is 13.5. The van der Waals surface area contributed by atoms with E-state index >= 15 is 0 Å². The summed E-state index contributed by atoms with van der Waals surface area (Å²) in [6.45, 7) is 0. The first-order chi connectivity index (χ1) is 9.77. The third-order valence-corrected chi connectivity index (χ3v) is 3.90. The van der Waals surface area contributed by atoms with E-state index in [4.69, 9.17) is 5.11 Å². The Morgan fingerprint density at radius 2 is 1.67 bits per heavy atom. The summed E-state index contributed by atoms with van der Waals surface area (Å²) in [6, 6.07) is 9.59. The Balaban J connectivity index is 2.23. The molecule has 2 aromatic rings. The molecule has 0 amide bonds. The van der Waals surface area contributed by atoms with Gasteiger partial charge in [0.2, 0.25) is 0 Å². The molecule has 7 heteroatoms. The molecule has 2 rings (SSSR count). The van der Waals surface area contributed by atoms with Gasteiger partial charge in [-0.15, -0.1) is 0 Å². The van der Waals surface area contributed by atoms with Crippen LogP contribution in [-0.4, -0.2) is 25.7 Å². The van der Waals surface area contributed by atoms with E-state index < -0.39 is 27.2 Å². The molecular weight excluding hydrogens is 297 g/mol. The molecule has 0 bridgehead atoms. The van der Waals surface area contributed by atoms with Gasteiger partial charge in [0.05, 0.1) is 10.5 Å². The van der Waals surface area contributed by atoms with Crippen molar-refractivity contribution in [2.75, 3.05) is 11.6 Å². The van der Waals surface area contributed by atoms with Crippen molar-refractivity contribution in [3.05, 3.63) is 53.8 Å². The second-order valence-corrected chi connectivity index (χ2v) is 6.44. The maximum Gasteiger partial charge on any atom is 0.338 e. The van der Waals surface area contributed by atoms with E-state index in [1.807, 2.05) is 0 Å². The zero-order chi connectivity index (χ0) is 15.6. The van der Waals surface area contributed by atoms with Crippen LogP contribution >= 0.6 is 0 Å². The lowest BCUT2D eigenvalue weighted by molar-refractivity contribution is 0.0692. The van der Waals surface area contributed by atoms with Gasteiger partial charge in [0.15, 0.2) is 9.84 Å². The van der Waals surface area contributed by atoms with Gasteiger partial charge in [-0.05, 0) is 42.5 Å². The van der Waals surface area contributed by atoms with E-state index in [1.54, 1.807) is 12.1 Å². The Morgan fingerprint density at radius 1 is 1.10 bits per heavy atom. The van der Waals surface area contributed by atoms with Gasteiger partial charge >= 0.3 is 5.97 Å². The fraction of sp³-hybridized carbons (Fsp3) is 0.0714. The van der Waals surface area contributed by atoms with Crippen molar-refractivity contribution in [3.8, 4) is 0 Å². The molecule has 2 N–H and O–H groups in total. The fourth-order valence-electron chi connectivity index (χ4n) is 1.72. The fourth-order valence-corrected chi connectivity index (χ4v) is 2.35. The summed E-state index contributed by atoms with van der Waals surface area (Å²) in [5, 5.41) is 11.6. The van der Waals surface area contributed by atoms with Gasteiger partial charge in [0, 0.05) is 17.6 Å². The number of rotatable bonds is 4. The van der Waals surface area contributed by atoms with E-state index in [0.29, 0.717) is 11.4 Å². The van der Waals surface area contributed by atoms with Crippen LogP contribution in [0, 0.1) is 5.82 Å². The van der Waals surface area contributed by atoms with E-state index in [1.165, 1.54) is 18.2 Å². The van der Waals surface area contributed by atoms with Gasteiger partial charge in [0.1, 0.15) is 5.82 Å². The molecule has 0 atom stereocenters. The first-order valence-corrected chi connectivity index (χ1v) is 7.76. The number of hydrogen-bond donors (Lipinski definition) is 2. The summed E-state index contributed by atoms with van der Waals surface area (Å²) in [5.41, 5.74) is 0.516. The molecule has 0 aliphatic carbocycles. The van der Waals surface area contributed by atoms with Crippen molar-refractivity contribution in [2.24, 2.45) is 0 Å². The van der Waals surface area contributed by atoms with Crippen molar-refractivity contribution in [1.29, 1.82) is 0 Å². The number of benzene rings is 2. The van der Waals surface area contributed by atoms with Crippen LogP contribution < -0.4 is 5.32 Å². The third kappa shape index (κ3) is 3.57. The first kappa shape index (κ1) is 15.0. The minimum atomic E-state index is -3.27. The second kappa shape index (κ2) is 5.53. The van der Waals surface area contributed by atoms with Crippen LogP contribution in [0.4, 0.5) is 15.8 Å². The van der Waals surface area contributed by atoms with Crippen LogP contribution in [0.1, 0.15) is 10.4 Å². The van der Waals surface area contributed by atoms with Gasteiger partial charge in [-0.2, -0.15) is 0 Å². The van der Waals surface area contributed by atoms with Gasteiger partial charge in [-0.1, -0.05) is 0 Å². The quantitative estimate of drug-likeness (QED) is 0.907. The van der Waals surface area contributed by atoms with Crippen molar-refractivity contribution in [2.45, 2.75) is 4.90 Å². The molecule has 0 spiro atoms. The summed E-state index contributed by atoms with van der Waals surface area (Å²) in [4.78, 5) is 10.9. The van der Waals surface area contributed by atoms with E-state index in [2.05, 4.69) is 5.32 Å². The number of sulfone groups is 1. The number of carboxylic acids is 1. The largest absolute Gasteiger partial charge is 0.478 e. The zero-order valence-corrected chi connectivity index (χ0v) is 11.8. The highest BCUT2D eigenvalue weighted by atomic mass is 32.2. The molecule has 5 nitrogen and oxygen atoms in total. The number of aromatic carboxylic acids is 1. The van der Waals surface area contributed by atoms with Gasteiger partial charge in [-0.25, -0.2) is 17.6 Å². The highest BCUT2D eigenvalue weighted by Gasteiger charge is 2.11. The molecule has 0 aromatic heterocycles. The Bertz CT molecular complexity index is 785. The second-order valence-electron chi connectivity index (χ2n) is 4.42. The predicted octanol–water partition coefficient (Wildman–Crippen LogP) is 2.67. The lowest BCUT2D eigenvalue weighted by Gasteiger charge is -2.08. The molecule has 21 heavy (non-hydrogen) atoms. The minimum absolute atomic E-state index is 0.181. The van der Waals surface area contributed by atoms with Crippen LogP contribution in [0.5, 0.6) is 0 Å². The molecular formula is C14H12FNO4S. The van der Waals surface area contributed by atoms with Crippen LogP contribution in [0.2, 0.25) is 0 Å². The maximum atomic E-state index is 13.5. The van der Waals surface area contributed by atoms with Gasteiger partial charge in [-0.3, -0.25) is 0 Å². The third-order valence-electron chi connectivity index (χ3n) is 2.77. The van der Waals surface area contributed by atoms with Crippen LogP contribution in [0.25, 0.3) is 0 Å². The number of carboxylic acid groups (broad SMARTS) is 1. The molecule has 0 radical (unpaired) electrons. The number of halogens is 1. The summed E-state index contributed by atoms with van der Waals surface area (Å²) in [7, 11) is -3.27. The number of anilines is 2. The van der Waals surface area contributed by atoms with Crippen molar-refractivity contribution >= 4 is 27.2 Å². The summed E-state index contributed by atoms with van der Waals surface area (Å²) < 4.78 is 36.2. The minimum Gasteiger partial charge on any atom is -0.478 e. The van der Waals surface area contributed by atoms with Crippen LogP contribution in [0.15, 0.2) is 47.4 Å². The normalized spacial score (nSPS) is 11.1. The Morgan fingerprint density at radius 3 is 2.14 bits per heavy atom. The van der Waals surface area contributed by atoms with Crippen molar-refractivity contribution < 1.29 is 22.7 Å². The number of carbonyl (C=O) groups is 1. The number of nitrogens with one attached hydrogen (secondary N) is 1. The highest BCUT2D eigenvalue weighted by Crippen LogP contribution is 2.21. The zero-order valence-electron chi connectivity index (χ0n) is 11.0. The molecule has 110 valence electrons. The number of hydrogen-bond acceptors (Lipinski definition) is 4. The van der Waals surface area contributed by atoms with Crippen LogP contribution in [-0.2, 0) is 9.84 Å². The molecule has 0 unspecified atom stereocenters. The highest BCUT2D eigenvalue weighted by molar-refractivity contribution is 7.90. The molecule has 0 saturated heterocycles.